The minimum atomic E-state index is -0.524. The van der Waals surface area contributed by atoms with Crippen LogP contribution in [0, 0.1) is 0 Å². The first-order chi connectivity index (χ1) is 13.0. The Morgan fingerprint density at radius 2 is 2.15 bits per heavy atom. The van der Waals surface area contributed by atoms with Crippen LogP contribution in [0.3, 0.4) is 0 Å². The molecule has 0 saturated carbocycles. The summed E-state index contributed by atoms with van der Waals surface area (Å²) in [6, 6.07) is 7.18. The third-order valence-corrected chi connectivity index (χ3v) is 6.41. The number of hydrogen-bond donors (Lipinski definition) is 0. The van der Waals surface area contributed by atoms with Crippen LogP contribution in [-0.2, 0) is 16.6 Å². The van der Waals surface area contributed by atoms with Gasteiger partial charge in [0.05, 0.1) is 22.9 Å². The molecule has 0 unspecified atom stereocenters. The lowest BCUT2D eigenvalue weighted by Gasteiger charge is -2.22. The third kappa shape index (κ3) is 2.90. The molecule has 27 heavy (non-hydrogen) atoms. The molecule has 0 radical (unpaired) electrons. The Morgan fingerprint density at radius 3 is 2.78 bits per heavy atom. The predicted octanol–water partition coefficient (Wildman–Crippen LogP) is 1.81. The van der Waals surface area contributed by atoms with E-state index in [0.717, 1.165) is 10.6 Å². The van der Waals surface area contributed by atoms with E-state index in [4.69, 9.17) is 4.74 Å². The topological polar surface area (TPSA) is 65.6 Å². The zero-order chi connectivity index (χ0) is 19.1. The molecule has 0 aromatic carbocycles. The monoisotopic (exact) mass is 399 g/mol. The van der Waals surface area contributed by atoms with E-state index in [0.29, 0.717) is 20.6 Å². The third-order valence-electron chi connectivity index (χ3n) is 4.50. The molecule has 0 N–H and O–H groups in total. The molecule has 0 amide bonds. The molecule has 0 fully saturated rings. The smallest absolute Gasteiger partial charge is 0.338 e. The first kappa shape index (κ1) is 17.7. The van der Waals surface area contributed by atoms with Gasteiger partial charge in [-0.1, -0.05) is 17.4 Å². The largest absolute Gasteiger partial charge is 0.466 e. The van der Waals surface area contributed by atoms with Gasteiger partial charge in [0, 0.05) is 23.8 Å². The number of hydrogen-bond acceptors (Lipinski definition) is 6. The second-order valence-corrected chi connectivity index (χ2v) is 8.12. The van der Waals surface area contributed by atoms with Crippen LogP contribution in [0.4, 0.5) is 0 Å². The number of aryl methyl sites for hydroxylation is 1. The van der Waals surface area contributed by atoms with E-state index in [1.165, 1.54) is 29.8 Å². The maximum Gasteiger partial charge on any atom is 0.338 e. The Kier molecular flexibility index (Phi) is 4.45. The zero-order valence-electron chi connectivity index (χ0n) is 15.0. The Balaban J connectivity index is 2.00. The van der Waals surface area contributed by atoms with Crippen LogP contribution in [-0.4, -0.2) is 22.2 Å². The minimum Gasteiger partial charge on any atom is -0.466 e. The summed E-state index contributed by atoms with van der Waals surface area (Å²) in [7, 11) is 3.27. The number of carbonyl (C=O) groups excluding carboxylic acids is 1. The number of thiophene rings is 1. The fourth-order valence-electron chi connectivity index (χ4n) is 3.17. The number of thiazole rings is 1. The number of ether oxygens (including phenoxy) is 1. The van der Waals surface area contributed by atoms with Crippen molar-refractivity contribution in [3.8, 4) is 0 Å². The van der Waals surface area contributed by atoms with Crippen LogP contribution < -0.4 is 14.9 Å². The highest BCUT2D eigenvalue weighted by Crippen LogP contribution is 2.32. The van der Waals surface area contributed by atoms with Crippen LogP contribution in [0.1, 0.15) is 23.5 Å². The standard InChI is InChI=1S/C19H17N3O3S2/c1-11-15(18(24)25-3)16(13-7-5-9-26-13)22-17(23)14(27-19(22)20-11)10-12-6-4-8-21(12)2/h4-10,16H,1-3H3/b14-10+/t16-/m0/s1. The molecule has 0 bridgehead atoms. The molecule has 6 nitrogen and oxygen atoms in total. The average Bonchev–Trinajstić information content (AvgIpc) is 3.37. The van der Waals surface area contributed by atoms with Gasteiger partial charge in [0.25, 0.3) is 5.56 Å². The quantitative estimate of drug-likeness (QED) is 0.631. The second kappa shape index (κ2) is 6.79. The number of allylic oxidation sites excluding steroid dienone is 1. The molecule has 0 spiro atoms. The molecule has 1 atom stereocenters. The van der Waals surface area contributed by atoms with E-state index in [1.54, 1.807) is 11.5 Å². The van der Waals surface area contributed by atoms with Gasteiger partial charge in [0.1, 0.15) is 6.04 Å². The Bertz CT molecular complexity index is 1230. The normalized spacial score (nSPS) is 17.0. The van der Waals surface area contributed by atoms with Crippen LogP contribution in [0.15, 0.2) is 56.9 Å². The van der Waals surface area contributed by atoms with Crippen molar-refractivity contribution in [2.45, 2.75) is 13.0 Å². The van der Waals surface area contributed by atoms with Crippen molar-refractivity contribution in [3.05, 3.63) is 77.4 Å². The number of esters is 1. The van der Waals surface area contributed by atoms with Crippen LogP contribution in [0.5, 0.6) is 0 Å². The summed E-state index contributed by atoms with van der Waals surface area (Å²) in [5.74, 6) is -0.466. The molecule has 138 valence electrons. The Labute approximate surface area is 163 Å². The van der Waals surface area contributed by atoms with Crippen molar-refractivity contribution in [2.24, 2.45) is 12.0 Å². The molecule has 4 heterocycles. The highest BCUT2D eigenvalue weighted by molar-refractivity contribution is 7.10. The fourth-order valence-corrected chi connectivity index (χ4v) is 5.02. The van der Waals surface area contributed by atoms with Crippen LogP contribution in [0.2, 0.25) is 0 Å². The molecular weight excluding hydrogens is 382 g/mol. The van der Waals surface area contributed by atoms with E-state index < -0.39 is 12.0 Å². The zero-order valence-corrected chi connectivity index (χ0v) is 16.6. The van der Waals surface area contributed by atoms with Crippen LogP contribution >= 0.6 is 22.7 Å². The van der Waals surface area contributed by atoms with Crippen molar-refractivity contribution in [1.29, 1.82) is 0 Å². The van der Waals surface area contributed by atoms with Crippen molar-refractivity contribution in [2.75, 3.05) is 7.11 Å². The highest BCUT2D eigenvalue weighted by atomic mass is 32.1. The number of methoxy groups -OCH3 is 1. The number of aromatic nitrogens is 2. The van der Waals surface area contributed by atoms with Crippen LogP contribution in [0.25, 0.3) is 6.08 Å². The lowest BCUT2D eigenvalue weighted by molar-refractivity contribution is -0.136. The summed E-state index contributed by atoms with van der Waals surface area (Å²) in [5.41, 5.74) is 1.74. The van der Waals surface area contributed by atoms with Gasteiger partial charge in [-0.15, -0.1) is 11.3 Å². The summed E-state index contributed by atoms with van der Waals surface area (Å²) in [4.78, 5) is 31.7. The first-order valence-corrected chi connectivity index (χ1v) is 9.96. The highest BCUT2D eigenvalue weighted by Gasteiger charge is 2.33. The van der Waals surface area contributed by atoms with Gasteiger partial charge in [-0.05, 0) is 36.6 Å². The molecule has 1 aliphatic heterocycles. The van der Waals surface area contributed by atoms with Gasteiger partial charge < -0.3 is 9.30 Å². The van der Waals surface area contributed by atoms with Gasteiger partial charge >= 0.3 is 5.97 Å². The van der Waals surface area contributed by atoms with E-state index in [9.17, 15) is 9.59 Å². The first-order valence-electron chi connectivity index (χ1n) is 8.27. The van der Waals surface area contributed by atoms with Gasteiger partial charge in [-0.3, -0.25) is 9.36 Å². The van der Waals surface area contributed by atoms with E-state index in [1.807, 2.05) is 53.5 Å². The lowest BCUT2D eigenvalue weighted by atomic mass is 10.0. The van der Waals surface area contributed by atoms with E-state index in [-0.39, 0.29) is 5.56 Å². The average molecular weight is 399 g/mol. The summed E-state index contributed by atoms with van der Waals surface area (Å²) in [5, 5.41) is 1.93. The summed E-state index contributed by atoms with van der Waals surface area (Å²) < 4.78 is 9.10. The molecule has 0 saturated heterocycles. The summed E-state index contributed by atoms with van der Waals surface area (Å²) >= 11 is 2.83. The number of carbonyl (C=O) groups is 1. The lowest BCUT2D eigenvalue weighted by Crippen LogP contribution is -2.39. The molecule has 3 aromatic rings. The van der Waals surface area contributed by atoms with Crippen molar-refractivity contribution in [3.63, 3.8) is 0 Å². The molecule has 1 aliphatic rings. The Hall–Kier alpha value is -2.71. The van der Waals surface area contributed by atoms with E-state index >= 15 is 0 Å². The second-order valence-electron chi connectivity index (χ2n) is 6.13. The number of fused-ring (bicyclic) bond motifs is 1. The predicted molar refractivity (Wildman–Crippen MR) is 106 cm³/mol. The minimum absolute atomic E-state index is 0.160. The maximum atomic E-state index is 13.2. The summed E-state index contributed by atoms with van der Waals surface area (Å²) in [6.45, 7) is 1.78. The molecule has 0 aliphatic carbocycles. The SMILES string of the molecule is COC(=O)C1=C(C)N=c2s/c(=C/c3cccn3C)c(=O)n2[C@H]1c1cccs1. The maximum absolute atomic E-state index is 13.2. The summed E-state index contributed by atoms with van der Waals surface area (Å²) in [6.07, 6.45) is 3.78. The van der Waals surface area contributed by atoms with Crippen molar-refractivity contribution >= 4 is 34.7 Å². The van der Waals surface area contributed by atoms with Gasteiger partial charge in [-0.25, -0.2) is 9.79 Å². The van der Waals surface area contributed by atoms with E-state index in [2.05, 4.69) is 4.99 Å². The fraction of sp³-hybridized carbons (Fsp3) is 0.211. The molecule has 8 heteroatoms. The van der Waals surface area contributed by atoms with Crippen molar-refractivity contribution in [1.82, 2.24) is 9.13 Å². The van der Waals surface area contributed by atoms with Gasteiger partial charge in [0.15, 0.2) is 4.80 Å². The van der Waals surface area contributed by atoms with Crippen molar-refractivity contribution < 1.29 is 9.53 Å². The van der Waals surface area contributed by atoms with Gasteiger partial charge in [0.2, 0.25) is 0 Å². The molecule has 4 rings (SSSR count). The number of rotatable bonds is 3. The Morgan fingerprint density at radius 1 is 1.33 bits per heavy atom. The molecule has 3 aromatic heterocycles. The molecular formula is C19H17N3O3S2. The number of nitrogens with zero attached hydrogens (tertiary/aromatic N) is 3. The van der Waals surface area contributed by atoms with Gasteiger partial charge in [-0.2, -0.15) is 0 Å².